The van der Waals surface area contributed by atoms with Gasteiger partial charge in [0.2, 0.25) is 0 Å². The molecule has 1 fully saturated rings. The van der Waals surface area contributed by atoms with Crippen LogP contribution in [-0.4, -0.2) is 24.5 Å². The van der Waals surface area contributed by atoms with E-state index in [9.17, 15) is 9.18 Å². The lowest BCUT2D eigenvalue weighted by Crippen LogP contribution is -2.52. The van der Waals surface area contributed by atoms with Crippen molar-refractivity contribution in [3.8, 4) is 0 Å². The molecule has 0 amide bonds. The number of benzene rings is 1. The molecule has 1 heterocycles. The van der Waals surface area contributed by atoms with Crippen molar-refractivity contribution in [3.63, 3.8) is 0 Å². The predicted molar refractivity (Wildman–Crippen MR) is 62.1 cm³/mol. The highest BCUT2D eigenvalue weighted by atomic mass is 19.1. The number of Topliss-reactive ketones (excluding diaryl/α,β-unsaturated/α-hetero) is 1. The van der Waals surface area contributed by atoms with E-state index in [4.69, 9.17) is 10.5 Å². The third kappa shape index (κ3) is 2.70. The average Bonchev–Trinajstić information content (AvgIpc) is 2.33. The zero-order chi connectivity index (χ0) is 12.3. The van der Waals surface area contributed by atoms with Gasteiger partial charge in [-0.25, -0.2) is 4.39 Å². The van der Waals surface area contributed by atoms with Crippen molar-refractivity contribution in [2.75, 3.05) is 13.2 Å². The monoisotopic (exact) mass is 237 g/mol. The van der Waals surface area contributed by atoms with Gasteiger partial charge < -0.3 is 10.5 Å². The number of carbonyl (C=O) groups is 1. The normalized spacial score (nSPS) is 18.9. The standard InChI is InChI=1S/C13H16FNO2/c14-11-4-2-1-3-10(11)9-12(16)13(15)5-7-17-8-6-13/h1-4H,5-9,15H2. The van der Waals surface area contributed by atoms with Crippen LogP contribution in [0.15, 0.2) is 24.3 Å². The van der Waals surface area contributed by atoms with E-state index in [1.165, 1.54) is 6.07 Å². The maximum absolute atomic E-state index is 13.4. The topological polar surface area (TPSA) is 52.3 Å². The fraction of sp³-hybridized carbons (Fsp3) is 0.462. The van der Waals surface area contributed by atoms with Crippen molar-refractivity contribution in [2.24, 2.45) is 5.73 Å². The van der Waals surface area contributed by atoms with Gasteiger partial charge in [0.05, 0.1) is 5.54 Å². The van der Waals surface area contributed by atoms with E-state index in [2.05, 4.69) is 0 Å². The van der Waals surface area contributed by atoms with E-state index in [1.807, 2.05) is 0 Å². The van der Waals surface area contributed by atoms with E-state index < -0.39 is 5.54 Å². The second-order valence-corrected chi connectivity index (χ2v) is 4.46. The maximum Gasteiger partial charge on any atom is 0.157 e. The Morgan fingerprint density at radius 1 is 1.35 bits per heavy atom. The minimum Gasteiger partial charge on any atom is -0.381 e. The molecule has 0 unspecified atom stereocenters. The van der Waals surface area contributed by atoms with Crippen molar-refractivity contribution in [3.05, 3.63) is 35.6 Å². The van der Waals surface area contributed by atoms with Gasteiger partial charge in [0.15, 0.2) is 5.78 Å². The van der Waals surface area contributed by atoms with Crippen LogP contribution >= 0.6 is 0 Å². The summed E-state index contributed by atoms with van der Waals surface area (Å²) in [5, 5.41) is 0. The Kier molecular flexibility index (Phi) is 3.54. The maximum atomic E-state index is 13.4. The van der Waals surface area contributed by atoms with Crippen LogP contribution in [0.5, 0.6) is 0 Å². The van der Waals surface area contributed by atoms with Crippen molar-refractivity contribution >= 4 is 5.78 Å². The molecule has 0 saturated carbocycles. The number of carbonyl (C=O) groups excluding carboxylic acids is 1. The van der Waals surface area contributed by atoms with E-state index in [1.54, 1.807) is 18.2 Å². The predicted octanol–water partition coefficient (Wildman–Crippen LogP) is 1.45. The summed E-state index contributed by atoms with van der Waals surface area (Å²) in [6, 6.07) is 6.31. The summed E-state index contributed by atoms with van der Waals surface area (Å²) < 4.78 is 18.6. The second-order valence-electron chi connectivity index (χ2n) is 4.46. The van der Waals surface area contributed by atoms with Gasteiger partial charge in [-0.15, -0.1) is 0 Å². The zero-order valence-electron chi connectivity index (χ0n) is 9.62. The number of hydrogen-bond acceptors (Lipinski definition) is 3. The molecule has 2 rings (SSSR count). The summed E-state index contributed by atoms with van der Waals surface area (Å²) >= 11 is 0. The summed E-state index contributed by atoms with van der Waals surface area (Å²) in [6.07, 6.45) is 1.09. The third-order valence-electron chi connectivity index (χ3n) is 3.25. The first kappa shape index (κ1) is 12.2. The third-order valence-corrected chi connectivity index (χ3v) is 3.25. The molecule has 1 aromatic carbocycles. The summed E-state index contributed by atoms with van der Waals surface area (Å²) in [5.41, 5.74) is 5.61. The van der Waals surface area contributed by atoms with Gasteiger partial charge in [-0.05, 0) is 24.5 Å². The Hall–Kier alpha value is -1.26. The van der Waals surface area contributed by atoms with Gasteiger partial charge in [-0.3, -0.25) is 4.79 Å². The van der Waals surface area contributed by atoms with Gasteiger partial charge >= 0.3 is 0 Å². The minimum atomic E-state index is -0.847. The minimum absolute atomic E-state index is 0.0587. The van der Waals surface area contributed by atoms with Crippen LogP contribution in [0.4, 0.5) is 4.39 Å². The average molecular weight is 237 g/mol. The summed E-state index contributed by atoms with van der Waals surface area (Å²) in [6.45, 7) is 0.999. The van der Waals surface area contributed by atoms with E-state index in [0.717, 1.165) is 0 Å². The molecule has 1 aromatic rings. The molecular weight excluding hydrogens is 221 g/mol. The lowest BCUT2D eigenvalue weighted by Gasteiger charge is -2.31. The number of ketones is 1. The molecule has 4 heteroatoms. The van der Waals surface area contributed by atoms with Gasteiger partial charge in [-0.1, -0.05) is 18.2 Å². The first-order chi connectivity index (χ1) is 8.12. The van der Waals surface area contributed by atoms with E-state index in [0.29, 0.717) is 31.6 Å². The molecule has 17 heavy (non-hydrogen) atoms. The Bertz CT molecular complexity index is 414. The Balaban J connectivity index is 2.08. The summed E-state index contributed by atoms with van der Waals surface area (Å²) in [5.74, 6) is -0.456. The van der Waals surface area contributed by atoms with Crippen LogP contribution in [0.2, 0.25) is 0 Å². The quantitative estimate of drug-likeness (QED) is 0.865. The van der Waals surface area contributed by atoms with Crippen LogP contribution in [0.3, 0.4) is 0 Å². The van der Waals surface area contributed by atoms with Crippen LogP contribution < -0.4 is 5.73 Å². The Labute approximate surface area is 99.8 Å². The molecule has 0 aliphatic carbocycles. The summed E-state index contributed by atoms with van der Waals surface area (Å²) in [4.78, 5) is 12.1. The summed E-state index contributed by atoms with van der Waals surface area (Å²) in [7, 11) is 0. The zero-order valence-corrected chi connectivity index (χ0v) is 9.62. The Morgan fingerprint density at radius 2 is 2.00 bits per heavy atom. The van der Waals surface area contributed by atoms with Crippen LogP contribution in [-0.2, 0) is 16.0 Å². The number of ether oxygens (including phenoxy) is 1. The molecule has 1 aliphatic heterocycles. The molecule has 0 spiro atoms. The molecule has 92 valence electrons. The SMILES string of the molecule is NC1(C(=O)Cc2ccccc2F)CCOCC1. The smallest absolute Gasteiger partial charge is 0.157 e. The highest BCUT2D eigenvalue weighted by molar-refractivity contribution is 5.90. The molecule has 0 aromatic heterocycles. The highest BCUT2D eigenvalue weighted by Crippen LogP contribution is 2.21. The number of nitrogens with two attached hydrogens (primary N) is 1. The van der Waals surface area contributed by atoms with Gasteiger partial charge in [0.25, 0.3) is 0 Å². The number of halogens is 1. The second kappa shape index (κ2) is 4.94. The van der Waals surface area contributed by atoms with Crippen molar-refractivity contribution in [1.29, 1.82) is 0 Å². The molecule has 0 bridgehead atoms. The highest BCUT2D eigenvalue weighted by Gasteiger charge is 2.35. The molecule has 0 radical (unpaired) electrons. The molecule has 3 nitrogen and oxygen atoms in total. The van der Waals surface area contributed by atoms with Gasteiger partial charge in [0, 0.05) is 19.6 Å². The van der Waals surface area contributed by atoms with Crippen LogP contribution in [0, 0.1) is 5.82 Å². The largest absolute Gasteiger partial charge is 0.381 e. The van der Waals surface area contributed by atoms with Crippen LogP contribution in [0.25, 0.3) is 0 Å². The Morgan fingerprint density at radius 3 is 2.65 bits per heavy atom. The molecule has 0 atom stereocenters. The molecule has 2 N–H and O–H groups in total. The van der Waals surface area contributed by atoms with Crippen molar-refractivity contribution in [1.82, 2.24) is 0 Å². The first-order valence-electron chi connectivity index (χ1n) is 5.75. The molecule has 1 aliphatic rings. The lowest BCUT2D eigenvalue weighted by molar-refractivity contribution is -0.126. The first-order valence-corrected chi connectivity index (χ1v) is 5.75. The van der Waals surface area contributed by atoms with E-state index >= 15 is 0 Å². The van der Waals surface area contributed by atoms with Crippen molar-refractivity contribution < 1.29 is 13.9 Å². The van der Waals surface area contributed by atoms with Gasteiger partial charge in [0.1, 0.15) is 5.82 Å². The van der Waals surface area contributed by atoms with Gasteiger partial charge in [-0.2, -0.15) is 0 Å². The number of hydrogen-bond donors (Lipinski definition) is 1. The molecular formula is C13H16FNO2. The van der Waals surface area contributed by atoms with Crippen molar-refractivity contribution in [2.45, 2.75) is 24.8 Å². The lowest BCUT2D eigenvalue weighted by atomic mass is 9.84. The molecule has 1 saturated heterocycles. The fourth-order valence-electron chi connectivity index (χ4n) is 2.01. The number of rotatable bonds is 3. The fourth-order valence-corrected chi connectivity index (χ4v) is 2.01. The van der Waals surface area contributed by atoms with E-state index in [-0.39, 0.29) is 18.0 Å². The van der Waals surface area contributed by atoms with Crippen LogP contribution in [0.1, 0.15) is 18.4 Å².